The summed E-state index contributed by atoms with van der Waals surface area (Å²) in [6.45, 7) is 3.49. The molecular weight excluding hydrogens is 178 g/mol. The molecule has 3 heteroatoms. The molecule has 84 valence electrons. The Morgan fingerprint density at radius 3 is 2.71 bits per heavy atom. The molecular formula is C11H23NO2. The predicted octanol–water partition coefficient (Wildman–Crippen LogP) is 1.56. The first-order valence-electron chi connectivity index (χ1n) is 5.62. The van der Waals surface area contributed by atoms with Crippen molar-refractivity contribution in [1.82, 2.24) is 0 Å². The van der Waals surface area contributed by atoms with Gasteiger partial charge in [0, 0.05) is 7.11 Å². The van der Waals surface area contributed by atoms with Gasteiger partial charge in [-0.05, 0) is 32.2 Å². The van der Waals surface area contributed by atoms with Crippen molar-refractivity contribution < 1.29 is 9.47 Å². The average molecular weight is 201 g/mol. The molecule has 0 aromatic rings. The quantitative estimate of drug-likeness (QED) is 0.734. The maximum absolute atomic E-state index is 5.93. The molecule has 0 radical (unpaired) electrons. The number of hydrogen-bond donors (Lipinski definition) is 1. The summed E-state index contributed by atoms with van der Waals surface area (Å²) in [4.78, 5) is 0. The monoisotopic (exact) mass is 201 g/mol. The molecule has 0 saturated heterocycles. The molecule has 2 N–H and O–H groups in total. The Morgan fingerprint density at radius 2 is 2.07 bits per heavy atom. The molecule has 0 heterocycles. The first kappa shape index (κ1) is 12.0. The van der Waals surface area contributed by atoms with Crippen molar-refractivity contribution in [2.45, 2.75) is 44.8 Å². The molecule has 1 rings (SSSR count). The van der Waals surface area contributed by atoms with Crippen molar-refractivity contribution >= 4 is 0 Å². The second-order valence-electron chi connectivity index (χ2n) is 4.22. The molecule has 3 nitrogen and oxygen atoms in total. The van der Waals surface area contributed by atoms with Gasteiger partial charge in [0.2, 0.25) is 0 Å². The molecule has 1 saturated carbocycles. The summed E-state index contributed by atoms with van der Waals surface area (Å²) in [6.07, 6.45) is 5.52. The Hall–Kier alpha value is -0.120. The van der Waals surface area contributed by atoms with E-state index < -0.39 is 0 Å². The van der Waals surface area contributed by atoms with Gasteiger partial charge in [-0.3, -0.25) is 0 Å². The highest BCUT2D eigenvalue weighted by molar-refractivity contribution is 4.77. The summed E-state index contributed by atoms with van der Waals surface area (Å²) < 4.78 is 11.0. The zero-order valence-corrected chi connectivity index (χ0v) is 9.37. The third-order valence-corrected chi connectivity index (χ3v) is 2.95. The van der Waals surface area contributed by atoms with Crippen molar-refractivity contribution in [3.05, 3.63) is 0 Å². The van der Waals surface area contributed by atoms with E-state index in [9.17, 15) is 0 Å². The molecule has 1 aliphatic rings. The summed E-state index contributed by atoms with van der Waals surface area (Å²) in [5.41, 5.74) is 5.73. The van der Waals surface area contributed by atoms with Crippen LogP contribution in [0.4, 0.5) is 0 Å². The normalized spacial score (nSPS) is 30.2. The molecule has 1 aliphatic carbocycles. The van der Waals surface area contributed by atoms with E-state index in [1.54, 1.807) is 7.11 Å². The second-order valence-corrected chi connectivity index (χ2v) is 4.22. The standard InChI is InChI=1S/C11H23NO2/c1-9(8-13-2)14-11-6-4-3-5-10(11)7-12/h9-11H,3-8,12H2,1-2H3. The average Bonchev–Trinajstić information content (AvgIpc) is 2.19. The molecule has 14 heavy (non-hydrogen) atoms. The van der Waals surface area contributed by atoms with Crippen LogP contribution in [0.1, 0.15) is 32.6 Å². The highest BCUT2D eigenvalue weighted by Gasteiger charge is 2.25. The van der Waals surface area contributed by atoms with Crippen molar-refractivity contribution in [3.8, 4) is 0 Å². The lowest BCUT2D eigenvalue weighted by atomic mass is 9.86. The van der Waals surface area contributed by atoms with Crippen LogP contribution in [0.15, 0.2) is 0 Å². The first-order chi connectivity index (χ1) is 6.77. The Kier molecular flexibility index (Phi) is 5.45. The third-order valence-electron chi connectivity index (χ3n) is 2.95. The Balaban J connectivity index is 2.32. The smallest absolute Gasteiger partial charge is 0.0784 e. The maximum atomic E-state index is 5.93. The molecule has 0 aliphatic heterocycles. The van der Waals surface area contributed by atoms with Crippen LogP contribution in [0.5, 0.6) is 0 Å². The summed E-state index contributed by atoms with van der Waals surface area (Å²) >= 11 is 0. The minimum atomic E-state index is 0.192. The van der Waals surface area contributed by atoms with Gasteiger partial charge in [0.05, 0.1) is 18.8 Å². The van der Waals surface area contributed by atoms with Crippen LogP contribution in [0.2, 0.25) is 0 Å². The SMILES string of the molecule is COCC(C)OC1CCCCC1CN. The fourth-order valence-corrected chi connectivity index (χ4v) is 2.19. The number of ether oxygens (including phenoxy) is 2. The molecule has 3 unspecified atom stereocenters. The van der Waals surface area contributed by atoms with Crippen molar-refractivity contribution in [1.29, 1.82) is 0 Å². The van der Waals surface area contributed by atoms with E-state index in [4.69, 9.17) is 15.2 Å². The van der Waals surface area contributed by atoms with E-state index in [1.807, 2.05) is 0 Å². The van der Waals surface area contributed by atoms with Crippen LogP contribution < -0.4 is 5.73 Å². The summed E-state index contributed by atoms with van der Waals surface area (Å²) in [7, 11) is 1.71. The predicted molar refractivity (Wildman–Crippen MR) is 57.2 cm³/mol. The highest BCUT2D eigenvalue weighted by Crippen LogP contribution is 2.26. The van der Waals surface area contributed by atoms with E-state index in [0.717, 1.165) is 13.0 Å². The number of hydrogen-bond acceptors (Lipinski definition) is 3. The van der Waals surface area contributed by atoms with Crippen molar-refractivity contribution in [2.24, 2.45) is 11.7 Å². The van der Waals surface area contributed by atoms with E-state index in [0.29, 0.717) is 18.6 Å². The van der Waals surface area contributed by atoms with Crippen LogP contribution in [0, 0.1) is 5.92 Å². The van der Waals surface area contributed by atoms with Gasteiger partial charge in [-0.1, -0.05) is 12.8 Å². The molecule has 0 aromatic heterocycles. The van der Waals surface area contributed by atoms with Crippen LogP contribution in [0.3, 0.4) is 0 Å². The number of methoxy groups -OCH3 is 1. The Morgan fingerprint density at radius 1 is 1.36 bits per heavy atom. The summed E-state index contributed by atoms with van der Waals surface area (Å²) in [5, 5.41) is 0. The van der Waals surface area contributed by atoms with Gasteiger partial charge in [-0.25, -0.2) is 0 Å². The van der Waals surface area contributed by atoms with Crippen LogP contribution >= 0.6 is 0 Å². The van der Waals surface area contributed by atoms with Crippen LogP contribution in [-0.4, -0.2) is 32.5 Å². The fraction of sp³-hybridized carbons (Fsp3) is 1.00. The number of rotatable bonds is 5. The van der Waals surface area contributed by atoms with Crippen molar-refractivity contribution in [3.63, 3.8) is 0 Å². The van der Waals surface area contributed by atoms with Gasteiger partial charge in [0.15, 0.2) is 0 Å². The van der Waals surface area contributed by atoms with E-state index in [1.165, 1.54) is 19.3 Å². The van der Waals surface area contributed by atoms with Gasteiger partial charge in [0.25, 0.3) is 0 Å². The molecule has 0 aromatic carbocycles. The minimum absolute atomic E-state index is 0.192. The van der Waals surface area contributed by atoms with Crippen LogP contribution in [0.25, 0.3) is 0 Å². The maximum Gasteiger partial charge on any atom is 0.0784 e. The van der Waals surface area contributed by atoms with E-state index in [-0.39, 0.29) is 6.10 Å². The minimum Gasteiger partial charge on any atom is -0.382 e. The lowest BCUT2D eigenvalue weighted by molar-refractivity contribution is -0.0742. The first-order valence-corrected chi connectivity index (χ1v) is 5.62. The summed E-state index contributed by atoms with van der Waals surface area (Å²) in [6, 6.07) is 0. The zero-order chi connectivity index (χ0) is 10.4. The van der Waals surface area contributed by atoms with E-state index in [2.05, 4.69) is 6.92 Å². The molecule has 1 fully saturated rings. The molecule has 0 spiro atoms. The lowest BCUT2D eigenvalue weighted by Crippen LogP contribution is -2.36. The second kappa shape index (κ2) is 6.38. The summed E-state index contributed by atoms with van der Waals surface area (Å²) in [5.74, 6) is 0.558. The molecule has 0 bridgehead atoms. The molecule has 3 atom stereocenters. The number of nitrogens with two attached hydrogens (primary N) is 1. The van der Waals surface area contributed by atoms with Gasteiger partial charge in [-0.2, -0.15) is 0 Å². The topological polar surface area (TPSA) is 44.5 Å². The van der Waals surface area contributed by atoms with Gasteiger partial charge < -0.3 is 15.2 Å². The van der Waals surface area contributed by atoms with Gasteiger partial charge in [-0.15, -0.1) is 0 Å². The third kappa shape index (κ3) is 3.56. The Labute approximate surface area is 86.9 Å². The van der Waals surface area contributed by atoms with Gasteiger partial charge >= 0.3 is 0 Å². The van der Waals surface area contributed by atoms with Gasteiger partial charge in [0.1, 0.15) is 0 Å². The Bertz CT molecular complexity index is 152. The fourth-order valence-electron chi connectivity index (χ4n) is 2.19. The largest absolute Gasteiger partial charge is 0.382 e. The van der Waals surface area contributed by atoms with Crippen LogP contribution in [-0.2, 0) is 9.47 Å². The zero-order valence-electron chi connectivity index (χ0n) is 9.37. The van der Waals surface area contributed by atoms with Crippen molar-refractivity contribution in [2.75, 3.05) is 20.3 Å². The molecule has 0 amide bonds. The highest BCUT2D eigenvalue weighted by atomic mass is 16.5. The van der Waals surface area contributed by atoms with E-state index >= 15 is 0 Å². The lowest BCUT2D eigenvalue weighted by Gasteiger charge is -2.32.